The second-order valence-corrected chi connectivity index (χ2v) is 8.33. The minimum absolute atomic E-state index is 0.0266. The van der Waals surface area contributed by atoms with E-state index >= 15 is 0 Å². The third-order valence-electron chi connectivity index (χ3n) is 5.96. The molecule has 160 valence electrons. The maximum absolute atomic E-state index is 13.4. The lowest BCUT2D eigenvalue weighted by Crippen LogP contribution is -2.43. The van der Waals surface area contributed by atoms with Crippen molar-refractivity contribution in [3.8, 4) is 11.5 Å². The Balaban J connectivity index is 1.88. The minimum Gasteiger partial charge on any atom is -0.478 e. The Labute approximate surface area is 178 Å². The highest BCUT2D eigenvalue weighted by molar-refractivity contribution is 6.03. The van der Waals surface area contributed by atoms with Gasteiger partial charge in [0.1, 0.15) is 11.5 Å². The second-order valence-electron chi connectivity index (χ2n) is 8.33. The lowest BCUT2D eigenvalue weighted by molar-refractivity contribution is -0.124. The number of carbonyl (C=O) groups is 2. The standard InChI is InChI=1S/C25H31NO4/c1-4-18-10-12-19(13-11-18)24(27)26(17(2)3)23-15-14-21(16-22(23)25(28)29)30-20-8-6-5-7-9-20/h5-9,14-19H,4,10-13H2,1-3H3,(H,28,29)/t18-,19-. The van der Waals surface area contributed by atoms with E-state index in [0.29, 0.717) is 23.1 Å². The predicted octanol–water partition coefficient (Wildman–Crippen LogP) is 6.13. The number of carboxylic acid groups (broad SMARTS) is 1. The zero-order valence-electron chi connectivity index (χ0n) is 18.0. The quantitative estimate of drug-likeness (QED) is 0.597. The van der Waals surface area contributed by atoms with E-state index < -0.39 is 5.97 Å². The first-order valence-corrected chi connectivity index (χ1v) is 10.8. The molecule has 0 unspecified atom stereocenters. The van der Waals surface area contributed by atoms with E-state index in [9.17, 15) is 14.7 Å². The van der Waals surface area contributed by atoms with Crippen molar-refractivity contribution in [1.29, 1.82) is 0 Å². The first kappa shape index (κ1) is 21.9. The van der Waals surface area contributed by atoms with Gasteiger partial charge in [-0.2, -0.15) is 0 Å². The summed E-state index contributed by atoms with van der Waals surface area (Å²) in [7, 11) is 0. The van der Waals surface area contributed by atoms with Gasteiger partial charge >= 0.3 is 5.97 Å². The Hall–Kier alpha value is -2.82. The molecule has 5 nitrogen and oxygen atoms in total. The maximum Gasteiger partial charge on any atom is 0.337 e. The number of nitrogens with zero attached hydrogens (tertiary/aromatic N) is 1. The van der Waals surface area contributed by atoms with Crippen molar-refractivity contribution < 1.29 is 19.4 Å². The van der Waals surface area contributed by atoms with E-state index in [4.69, 9.17) is 4.74 Å². The van der Waals surface area contributed by atoms with Gasteiger partial charge in [-0.25, -0.2) is 4.79 Å². The molecule has 1 amide bonds. The molecule has 1 aliphatic carbocycles. The van der Waals surface area contributed by atoms with Gasteiger partial charge in [0, 0.05) is 12.0 Å². The molecule has 0 aliphatic heterocycles. The van der Waals surface area contributed by atoms with Crippen LogP contribution in [0.2, 0.25) is 0 Å². The van der Waals surface area contributed by atoms with Crippen LogP contribution in [0.3, 0.4) is 0 Å². The van der Waals surface area contributed by atoms with Crippen LogP contribution in [-0.4, -0.2) is 23.0 Å². The molecule has 2 aromatic rings. The Morgan fingerprint density at radius 1 is 1.03 bits per heavy atom. The number of benzene rings is 2. The van der Waals surface area contributed by atoms with E-state index in [2.05, 4.69) is 6.92 Å². The Bertz CT molecular complexity index is 870. The number of hydrogen-bond acceptors (Lipinski definition) is 3. The minimum atomic E-state index is -1.07. The van der Waals surface area contributed by atoms with Crippen molar-refractivity contribution in [2.45, 2.75) is 58.9 Å². The molecule has 3 rings (SSSR count). The largest absolute Gasteiger partial charge is 0.478 e. The molecule has 0 spiro atoms. The van der Waals surface area contributed by atoms with Crippen LogP contribution in [0.1, 0.15) is 63.2 Å². The van der Waals surface area contributed by atoms with Gasteiger partial charge in [0.25, 0.3) is 0 Å². The monoisotopic (exact) mass is 409 g/mol. The van der Waals surface area contributed by atoms with Crippen LogP contribution in [0, 0.1) is 11.8 Å². The van der Waals surface area contributed by atoms with Crippen molar-refractivity contribution in [1.82, 2.24) is 0 Å². The van der Waals surface area contributed by atoms with Crippen LogP contribution in [0.4, 0.5) is 5.69 Å². The first-order chi connectivity index (χ1) is 14.4. The van der Waals surface area contributed by atoms with Gasteiger partial charge in [-0.15, -0.1) is 0 Å². The molecule has 1 saturated carbocycles. The summed E-state index contributed by atoms with van der Waals surface area (Å²) < 4.78 is 5.80. The highest BCUT2D eigenvalue weighted by Crippen LogP contribution is 2.35. The molecule has 2 aromatic carbocycles. The van der Waals surface area contributed by atoms with Gasteiger partial charge in [0.05, 0.1) is 11.3 Å². The number of para-hydroxylation sites is 1. The normalized spacial score (nSPS) is 18.8. The number of amides is 1. The van der Waals surface area contributed by atoms with Gasteiger partial charge in [0.15, 0.2) is 0 Å². The fourth-order valence-electron chi connectivity index (χ4n) is 4.25. The SMILES string of the molecule is CC[C@H]1CC[C@H](C(=O)N(c2ccc(Oc3ccccc3)cc2C(=O)O)C(C)C)CC1. The van der Waals surface area contributed by atoms with Crippen molar-refractivity contribution in [3.05, 3.63) is 54.1 Å². The molecular formula is C25H31NO4. The van der Waals surface area contributed by atoms with Gasteiger partial charge in [-0.3, -0.25) is 4.79 Å². The van der Waals surface area contributed by atoms with Gasteiger partial charge in [-0.05, 0) is 75.8 Å². The Morgan fingerprint density at radius 3 is 2.27 bits per heavy atom. The third kappa shape index (κ3) is 5.02. The highest BCUT2D eigenvalue weighted by atomic mass is 16.5. The average Bonchev–Trinajstić information content (AvgIpc) is 2.75. The average molecular weight is 410 g/mol. The molecule has 0 atom stereocenters. The summed E-state index contributed by atoms with van der Waals surface area (Å²) in [6, 6.07) is 14.0. The van der Waals surface area contributed by atoms with Crippen LogP contribution in [0.25, 0.3) is 0 Å². The Morgan fingerprint density at radius 2 is 1.70 bits per heavy atom. The summed E-state index contributed by atoms with van der Waals surface area (Å²) >= 11 is 0. The molecule has 1 aliphatic rings. The Kier molecular flexibility index (Phi) is 7.14. The summed E-state index contributed by atoms with van der Waals surface area (Å²) in [4.78, 5) is 27.1. The fourth-order valence-corrected chi connectivity index (χ4v) is 4.25. The molecule has 0 heterocycles. The summed E-state index contributed by atoms with van der Waals surface area (Å²) in [5, 5.41) is 9.85. The van der Waals surface area contributed by atoms with Crippen molar-refractivity contribution in [2.75, 3.05) is 4.90 Å². The summed E-state index contributed by atoms with van der Waals surface area (Å²) in [5.41, 5.74) is 0.508. The van der Waals surface area contributed by atoms with Crippen LogP contribution in [-0.2, 0) is 4.79 Å². The lowest BCUT2D eigenvalue weighted by Gasteiger charge is -2.34. The van der Waals surface area contributed by atoms with Crippen molar-refractivity contribution in [3.63, 3.8) is 0 Å². The number of carboxylic acids is 1. The van der Waals surface area contributed by atoms with E-state index in [-0.39, 0.29) is 23.4 Å². The highest BCUT2D eigenvalue weighted by Gasteiger charge is 2.32. The molecule has 0 aromatic heterocycles. The molecular weight excluding hydrogens is 378 g/mol. The molecule has 30 heavy (non-hydrogen) atoms. The zero-order valence-corrected chi connectivity index (χ0v) is 18.0. The first-order valence-electron chi connectivity index (χ1n) is 10.8. The molecule has 1 fully saturated rings. The van der Waals surface area contributed by atoms with E-state index in [1.807, 2.05) is 44.2 Å². The lowest BCUT2D eigenvalue weighted by atomic mass is 9.80. The third-order valence-corrected chi connectivity index (χ3v) is 5.96. The summed E-state index contributed by atoms with van der Waals surface area (Å²) in [6.07, 6.45) is 5.03. The second kappa shape index (κ2) is 9.79. The van der Waals surface area contributed by atoms with Crippen LogP contribution in [0.15, 0.2) is 48.5 Å². The van der Waals surface area contributed by atoms with Crippen molar-refractivity contribution in [2.24, 2.45) is 11.8 Å². The van der Waals surface area contributed by atoms with Crippen LogP contribution in [0.5, 0.6) is 11.5 Å². The van der Waals surface area contributed by atoms with E-state index in [1.54, 1.807) is 17.0 Å². The number of hydrogen-bond donors (Lipinski definition) is 1. The number of aromatic carboxylic acids is 1. The summed E-state index contributed by atoms with van der Waals surface area (Å²) in [5.74, 6) is 0.672. The van der Waals surface area contributed by atoms with Gasteiger partial charge in [-0.1, -0.05) is 31.5 Å². The zero-order chi connectivity index (χ0) is 21.7. The molecule has 0 radical (unpaired) electrons. The summed E-state index contributed by atoms with van der Waals surface area (Å²) in [6.45, 7) is 6.05. The number of rotatable bonds is 7. The topological polar surface area (TPSA) is 66.8 Å². The van der Waals surface area contributed by atoms with Crippen LogP contribution < -0.4 is 9.64 Å². The van der Waals surface area contributed by atoms with E-state index in [1.165, 1.54) is 6.07 Å². The molecule has 0 saturated heterocycles. The smallest absolute Gasteiger partial charge is 0.337 e. The number of anilines is 1. The van der Waals surface area contributed by atoms with Crippen molar-refractivity contribution >= 4 is 17.6 Å². The fraction of sp³-hybridized carbons (Fsp3) is 0.440. The number of ether oxygens (including phenoxy) is 1. The van der Waals surface area contributed by atoms with Gasteiger partial charge < -0.3 is 14.7 Å². The van der Waals surface area contributed by atoms with Gasteiger partial charge in [0.2, 0.25) is 5.91 Å². The molecule has 0 bridgehead atoms. The predicted molar refractivity (Wildman–Crippen MR) is 118 cm³/mol. The molecule has 5 heteroatoms. The number of carbonyl (C=O) groups excluding carboxylic acids is 1. The molecule has 1 N–H and O–H groups in total. The maximum atomic E-state index is 13.4. The van der Waals surface area contributed by atoms with Crippen LogP contribution >= 0.6 is 0 Å². The van der Waals surface area contributed by atoms with E-state index in [0.717, 1.165) is 32.1 Å².